The van der Waals surface area contributed by atoms with E-state index in [2.05, 4.69) is 27.6 Å². The zero-order chi connectivity index (χ0) is 22.5. The van der Waals surface area contributed by atoms with Gasteiger partial charge in [-0.25, -0.2) is 0 Å². The van der Waals surface area contributed by atoms with Crippen molar-refractivity contribution in [1.82, 2.24) is 20.1 Å². The summed E-state index contributed by atoms with van der Waals surface area (Å²) in [7, 11) is 1.88. The summed E-state index contributed by atoms with van der Waals surface area (Å²) in [5.74, 6) is 2.09. The van der Waals surface area contributed by atoms with Gasteiger partial charge < -0.3 is 19.4 Å². The number of ether oxygens (including phenoxy) is 2. The van der Waals surface area contributed by atoms with Crippen LogP contribution in [-0.2, 0) is 18.3 Å². The number of carbonyl (C=O) groups excluding carboxylic acids is 1. The van der Waals surface area contributed by atoms with Gasteiger partial charge in [-0.15, -0.1) is 10.2 Å². The molecule has 1 amide bonds. The summed E-state index contributed by atoms with van der Waals surface area (Å²) in [6.45, 7) is 4.29. The number of rotatable bonds is 8. The summed E-state index contributed by atoms with van der Waals surface area (Å²) >= 11 is 1.39. The lowest BCUT2D eigenvalue weighted by Gasteiger charge is -2.25. The summed E-state index contributed by atoms with van der Waals surface area (Å²) in [4.78, 5) is 12.7. The van der Waals surface area contributed by atoms with Crippen LogP contribution in [0.15, 0.2) is 59.8 Å². The molecule has 32 heavy (non-hydrogen) atoms. The normalized spacial score (nSPS) is 16.9. The summed E-state index contributed by atoms with van der Waals surface area (Å²) in [6, 6.07) is 18.0. The number of fused-ring (bicyclic) bond motifs is 1. The van der Waals surface area contributed by atoms with Gasteiger partial charge in [0.1, 0.15) is 6.61 Å². The molecule has 1 aliphatic heterocycles. The highest BCUT2D eigenvalue weighted by atomic mass is 32.2. The third kappa shape index (κ3) is 5.24. The number of thioether (sulfide) groups is 1. The number of nitrogens with zero attached hydrogens (tertiary/aromatic N) is 3. The molecule has 7 nitrogen and oxygen atoms in total. The molecule has 168 valence electrons. The van der Waals surface area contributed by atoms with E-state index >= 15 is 0 Å². The van der Waals surface area contributed by atoms with Crippen LogP contribution in [0.3, 0.4) is 0 Å². The first-order valence-electron chi connectivity index (χ1n) is 10.8. The highest BCUT2D eigenvalue weighted by Gasteiger charge is 2.28. The lowest BCUT2D eigenvalue weighted by molar-refractivity contribution is -0.120. The van der Waals surface area contributed by atoms with Crippen molar-refractivity contribution in [2.24, 2.45) is 7.05 Å². The first-order chi connectivity index (χ1) is 15.5. The molecular weight excluding hydrogens is 424 g/mol. The van der Waals surface area contributed by atoms with Gasteiger partial charge in [0.2, 0.25) is 5.91 Å². The van der Waals surface area contributed by atoms with E-state index < -0.39 is 0 Å². The van der Waals surface area contributed by atoms with Crippen molar-refractivity contribution in [3.63, 3.8) is 0 Å². The van der Waals surface area contributed by atoms with Crippen LogP contribution in [-0.4, -0.2) is 38.6 Å². The van der Waals surface area contributed by atoms with Gasteiger partial charge in [0.25, 0.3) is 0 Å². The maximum absolute atomic E-state index is 12.7. The van der Waals surface area contributed by atoms with Crippen LogP contribution in [0.2, 0.25) is 0 Å². The Morgan fingerprint density at radius 3 is 2.62 bits per heavy atom. The molecule has 4 rings (SSSR count). The van der Waals surface area contributed by atoms with Crippen LogP contribution >= 0.6 is 11.8 Å². The molecule has 0 aliphatic carbocycles. The quantitative estimate of drug-likeness (QED) is 0.522. The molecule has 0 saturated heterocycles. The molecule has 2 heterocycles. The highest BCUT2D eigenvalue weighted by molar-refractivity contribution is 8.00. The number of carbonyl (C=O) groups is 1. The van der Waals surface area contributed by atoms with Crippen molar-refractivity contribution in [3.8, 4) is 11.5 Å². The van der Waals surface area contributed by atoms with Gasteiger partial charge in [0.15, 0.2) is 28.6 Å². The average Bonchev–Trinajstić information content (AvgIpc) is 3.18. The summed E-state index contributed by atoms with van der Waals surface area (Å²) in [6.07, 6.45) is 1.48. The van der Waals surface area contributed by atoms with Crippen LogP contribution in [0.4, 0.5) is 0 Å². The molecule has 1 aromatic heterocycles. The molecular formula is C24H28N4O3S. The van der Waals surface area contributed by atoms with Crippen molar-refractivity contribution < 1.29 is 14.3 Å². The fourth-order valence-corrected chi connectivity index (χ4v) is 4.36. The number of amides is 1. The Morgan fingerprint density at radius 1 is 1.12 bits per heavy atom. The van der Waals surface area contributed by atoms with Gasteiger partial charge in [0.05, 0.1) is 5.25 Å². The second-order valence-corrected chi connectivity index (χ2v) is 9.27. The zero-order valence-corrected chi connectivity index (χ0v) is 19.3. The Morgan fingerprint density at radius 2 is 1.84 bits per heavy atom. The third-order valence-corrected chi connectivity index (χ3v) is 6.55. The molecule has 3 atom stereocenters. The Hall–Kier alpha value is -3.00. The van der Waals surface area contributed by atoms with E-state index in [4.69, 9.17) is 9.47 Å². The second-order valence-electron chi connectivity index (χ2n) is 7.96. The maximum Gasteiger partial charge on any atom is 0.233 e. The van der Waals surface area contributed by atoms with E-state index in [9.17, 15) is 4.79 Å². The molecule has 1 N–H and O–H groups in total. The Labute approximate surface area is 192 Å². The first kappa shape index (κ1) is 22.2. The number of aromatic nitrogens is 3. The average molecular weight is 453 g/mol. The predicted molar refractivity (Wildman–Crippen MR) is 124 cm³/mol. The van der Waals surface area contributed by atoms with E-state index in [0.29, 0.717) is 23.3 Å². The molecule has 0 bridgehead atoms. The minimum Gasteiger partial charge on any atom is -0.485 e. The summed E-state index contributed by atoms with van der Waals surface area (Å²) < 4.78 is 13.7. The number of benzene rings is 2. The van der Waals surface area contributed by atoms with Crippen LogP contribution < -0.4 is 14.8 Å². The van der Waals surface area contributed by atoms with Crippen LogP contribution in [0.5, 0.6) is 11.5 Å². The van der Waals surface area contributed by atoms with E-state index in [1.165, 1.54) is 17.3 Å². The fraction of sp³-hybridized carbons (Fsp3) is 0.375. The van der Waals surface area contributed by atoms with E-state index in [1.54, 1.807) is 0 Å². The van der Waals surface area contributed by atoms with Gasteiger partial charge in [-0.2, -0.15) is 0 Å². The first-order valence-corrected chi connectivity index (χ1v) is 11.7. The smallest absolute Gasteiger partial charge is 0.233 e. The molecule has 3 aromatic rings. The van der Waals surface area contributed by atoms with Crippen LogP contribution in [0.1, 0.15) is 37.8 Å². The molecule has 0 fully saturated rings. The van der Waals surface area contributed by atoms with Crippen LogP contribution in [0, 0.1) is 0 Å². The largest absolute Gasteiger partial charge is 0.485 e. The number of para-hydroxylation sites is 2. The van der Waals surface area contributed by atoms with Gasteiger partial charge in [0, 0.05) is 13.1 Å². The van der Waals surface area contributed by atoms with Gasteiger partial charge >= 0.3 is 0 Å². The van der Waals surface area contributed by atoms with Crippen molar-refractivity contribution in [3.05, 3.63) is 66.0 Å². The van der Waals surface area contributed by atoms with Gasteiger partial charge in [-0.3, -0.25) is 4.79 Å². The second kappa shape index (κ2) is 10.1. The van der Waals surface area contributed by atoms with E-state index in [0.717, 1.165) is 18.6 Å². The lowest BCUT2D eigenvalue weighted by atomic mass is 10.1. The lowest BCUT2D eigenvalue weighted by Crippen LogP contribution is -2.38. The monoisotopic (exact) mass is 452 g/mol. The minimum atomic E-state index is -0.348. The van der Waals surface area contributed by atoms with Gasteiger partial charge in [-0.1, -0.05) is 54.2 Å². The number of hydrogen-bond acceptors (Lipinski definition) is 6. The number of aryl methyl sites for hydroxylation is 1. The van der Waals surface area contributed by atoms with Gasteiger partial charge in [-0.05, 0) is 44.4 Å². The fourth-order valence-electron chi connectivity index (χ4n) is 3.53. The molecule has 0 saturated carbocycles. The summed E-state index contributed by atoms with van der Waals surface area (Å²) in [5, 5.41) is 12.1. The van der Waals surface area contributed by atoms with Crippen LogP contribution in [0.25, 0.3) is 0 Å². The maximum atomic E-state index is 12.7. The Kier molecular flexibility index (Phi) is 6.99. The molecule has 0 radical (unpaired) electrons. The number of hydrogen-bond donors (Lipinski definition) is 1. The van der Waals surface area contributed by atoms with Crippen molar-refractivity contribution in [1.29, 1.82) is 0 Å². The highest BCUT2D eigenvalue weighted by Crippen LogP contribution is 2.36. The topological polar surface area (TPSA) is 78.3 Å². The summed E-state index contributed by atoms with van der Waals surface area (Å²) in [5.41, 5.74) is 1.28. The van der Waals surface area contributed by atoms with E-state index in [1.807, 2.05) is 67.9 Å². The molecule has 2 aromatic carbocycles. The third-order valence-electron chi connectivity index (χ3n) is 5.41. The zero-order valence-electron chi connectivity index (χ0n) is 18.5. The number of nitrogens with one attached hydrogen (secondary N) is 1. The Balaban J connectivity index is 1.31. The van der Waals surface area contributed by atoms with Crippen molar-refractivity contribution in [2.45, 2.75) is 49.2 Å². The molecule has 8 heteroatoms. The van der Waals surface area contributed by atoms with E-state index in [-0.39, 0.29) is 23.3 Å². The molecule has 3 unspecified atom stereocenters. The minimum absolute atomic E-state index is 0.00807. The van der Waals surface area contributed by atoms with Crippen molar-refractivity contribution >= 4 is 17.7 Å². The predicted octanol–water partition coefficient (Wildman–Crippen LogP) is 3.95. The van der Waals surface area contributed by atoms with Crippen molar-refractivity contribution in [2.75, 3.05) is 6.61 Å². The Bertz CT molecular complexity index is 1060. The molecule has 1 aliphatic rings. The SMILES string of the molecule is CC(CCc1ccccc1)NC(=O)C(C)Sc1nnc(C2COc3ccccc3O2)n1C. The standard InChI is InChI=1S/C24H28N4O3S/c1-16(13-14-18-9-5-4-6-10-18)25-23(29)17(2)32-24-27-26-22(28(24)3)21-15-30-19-11-7-8-12-20(19)31-21/h4-12,16-17,21H,13-15H2,1-3H3,(H,25,29). The molecule has 0 spiro atoms.